The van der Waals surface area contributed by atoms with Gasteiger partial charge in [0, 0.05) is 5.69 Å². The first-order valence-electron chi connectivity index (χ1n) is 6.70. The lowest BCUT2D eigenvalue weighted by molar-refractivity contribution is 0.0527. The maximum absolute atomic E-state index is 13.1. The summed E-state index contributed by atoms with van der Waals surface area (Å²) in [6.07, 6.45) is 0. The number of hydrogen-bond donors (Lipinski definition) is 2. The minimum atomic E-state index is -0.581. The van der Waals surface area contributed by atoms with Crippen molar-refractivity contribution >= 4 is 23.4 Å². The van der Waals surface area contributed by atoms with Crippen LogP contribution in [0.3, 0.4) is 0 Å². The minimum Gasteiger partial charge on any atom is -0.462 e. The fraction of sp³-hybridized carbons (Fsp3) is 0.125. The van der Waals surface area contributed by atoms with E-state index in [4.69, 9.17) is 4.74 Å². The maximum atomic E-state index is 13.1. The van der Waals surface area contributed by atoms with Crippen LogP contribution in [-0.4, -0.2) is 18.6 Å². The molecule has 0 fully saturated rings. The fourth-order valence-corrected chi connectivity index (χ4v) is 1.83. The van der Waals surface area contributed by atoms with Gasteiger partial charge in [0.2, 0.25) is 0 Å². The number of hydrogen-bond acceptors (Lipinski definition) is 3. The van der Waals surface area contributed by atoms with Crippen LogP contribution < -0.4 is 10.6 Å². The molecule has 0 spiro atoms. The molecule has 0 saturated heterocycles. The number of amides is 2. The molecule has 0 heterocycles. The summed E-state index contributed by atoms with van der Waals surface area (Å²) >= 11 is 0. The van der Waals surface area contributed by atoms with Crippen molar-refractivity contribution in [2.45, 2.75) is 6.92 Å². The first kappa shape index (κ1) is 15.5. The Bertz CT molecular complexity index is 689. The highest BCUT2D eigenvalue weighted by Gasteiger charge is 2.13. The van der Waals surface area contributed by atoms with Gasteiger partial charge < -0.3 is 15.4 Å². The number of carbonyl (C=O) groups excluding carboxylic acids is 2. The molecule has 5 nitrogen and oxygen atoms in total. The van der Waals surface area contributed by atoms with Gasteiger partial charge in [0.15, 0.2) is 0 Å². The van der Waals surface area contributed by atoms with E-state index in [9.17, 15) is 14.0 Å². The normalized spacial score (nSPS) is 9.91. The van der Waals surface area contributed by atoms with E-state index in [1.54, 1.807) is 37.3 Å². The minimum absolute atomic E-state index is 0.239. The highest BCUT2D eigenvalue weighted by atomic mass is 19.1. The number of esters is 1. The third-order valence-corrected chi connectivity index (χ3v) is 2.75. The molecule has 114 valence electrons. The topological polar surface area (TPSA) is 67.4 Å². The number of rotatable bonds is 4. The SMILES string of the molecule is CCOC(=O)c1ccccc1NC(=O)Nc1cccc(F)c1. The fourth-order valence-electron chi connectivity index (χ4n) is 1.83. The van der Waals surface area contributed by atoms with Gasteiger partial charge in [0.1, 0.15) is 5.82 Å². The molecule has 2 aromatic carbocycles. The zero-order valence-corrected chi connectivity index (χ0v) is 11.9. The van der Waals surface area contributed by atoms with E-state index in [2.05, 4.69) is 10.6 Å². The molecule has 0 atom stereocenters. The van der Waals surface area contributed by atoms with E-state index >= 15 is 0 Å². The van der Waals surface area contributed by atoms with Crippen molar-refractivity contribution < 1.29 is 18.7 Å². The highest BCUT2D eigenvalue weighted by molar-refractivity contribution is 6.05. The zero-order chi connectivity index (χ0) is 15.9. The average Bonchev–Trinajstić information content (AvgIpc) is 2.48. The first-order valence-corrected chi connectivity index (χ1v) is 6.70. The molecule has 0 unspecified atom stereocenters. The molecule has 0 bridgehead atoms. The Morgan fingerprint density at radius 1 is 1.09 bits per heavy atom. The Labute approximate surface area is 127 Å². The van der Waals surface area contributed by atoms with Crippen molar-refractivity contribution in [1.82, 2.24) is 0 Å². The van der Waals surface area contributed by atoms with Crippen LogP contribution in [0.5, 0.6) is 0 Å². The Morgan fingerprint density at radius 2 is 1.86 bits per heavy atom. The summed E-state index contributed by atoms with van der Waals surface area (Å²) in [6, 6.07) is 11.4. The van der Waals surface area contributed by atoms with Gasteiger partial charge in [-0.1, -0.05) is 18.2 Å². The zero-order valence-electron chi connectivity index (χ0n) is 11.9. The average molecular weight is 302 g/mol. The Hall–Kier alpha value is -2.89. The molecule has 2 aromatic rings. The van der Waals surface area contributed by atoms with Crippen LogP contribution in [0.1, 0.15) is 17.3 Å². The van der Waals surface area contributed by atoms with Crippen LogP contribution in [0, 0.1) is 5.82 Å². The molecule has 2 rings (SSSR count). The number of nitrogens with one attached hydrogen (secondary N) is 2. The number of carbonyl (C=O) groups is 2. The Morgan fingerprint density at radius 3 is 2.59 bits per heavy atom. The predicted octanol–water partition coefficient (Wildman–Crippen LogP) is 3.65. The summed E-state index contributed by atoms with van der Waals surface area (Å²) in [5, 5.41) is 5.03. The van der Waals surface area contributed by atoms with Gasteiger partial charge in [-0.3, -0.25) is 0 Å². The van der Waals surface area contributed by atoms with E-state index in [-0.39, 0.29) is 12.2 Å². The van der Waals surface area contributed by atoms with E-state index in [1.807, 2.05) is 0 Å². The van der Waals surface area contributed by atoms with Crippen molar-refractivity contribution in [2.24, 2.45) is 0 Å². The summed E-state index contributed by atoms with van der Waals surface area (Å²) in [5.41, 5.74) is 0.875. The van der Waals surface area contributed by atoms with Crippen LogP contribution in [0.4, 0.5) is 20.6 Å². The summed E-state index contributed by atoms with van der Waals surface area (Å²) in [7, 11) is 0. The lowest BCUT2D eigenvalue weighted by atomic mass is 10.2. The molecule has 0 saturated carbocycles. The van der Waals surface area contributed by atoms with Crippen LogP contribution in [0.15, 0.2) is 48.5 Å². The molecule has 0 aliphatic carbocycles. The molecular weight excluding hydrogens is 287 g/mol. The van der Waals surface area contributed by atoms with Crippen molar-refractivity contribution in [3.05, 3.63) is 59.9 Å². The summed E-state index contributed by atoms with van der Waals surface area (Å²) < 4.78 is 18.0. The van der Waals surface area contributed by atoms with Crippen LogP contribution in [-0.2, 0) is 4.74 Å². The summed E-state index contributed by atoms with van der Waals surface area (Å²) in [6.45, 7) is 1.94. The van der Waals surface area contributed by atoms with Crippen molar-refractivity contribution in [1.29, 1.82) is 0 Å². The summed E-state index contributed by atoms with van der Waals surface area (Å²) in [5.74, 6) is -0.978. The molecule has 2 N–H and O–H groups in total. The van der Waals surface area contributed by atoms with Crippen LogP contribution in [0.2, 0.25) is 0 Å². The van der Waals surface area contributed by atoms with Gasteiger partial charge in [0.05, 0.1) is 17.9 Å². The Kier molecular flexibility index (Phi) is 5.08. The van der Waals surface area contributed by atoms with Gasteiger partial charge >= 0.3 is 12.0 Å². The van der Waals surface area contributed by atoms with E-state index < -0.39 is 17.8 Å². The molecule has 0 aromatic heterocycles. The molecule has 22 heavy (non-hydrogen) atoms. The smallest absolute Gasteiger partial charge is 0.340 e. The summed E-state index contributed by atoms with van der Waals surface area (Å²) in [4.78, 5) is 23.7. The van der Waals surface area contributed by atoms with Crippen molar-refractivity contribution in [2.75, 3.05) is 17.2 Å². The third-order valence-electron chi connectivity index (χ3n) is 2.75. The molecule has 2 amide bonds. The lowest BCUT2D eigenvalue weighted by Crippen LogP contribution is -2.21. The van der Waals surface area contributed by atoms with Crippen molar-refractivity contribution in [3.63, 3.8) is 0 Å². The second kappa shape index (κ2) is 7.21. The molecular formula is C16H15FN2O3. The maximum Gasteiger partial charge on any atom is 0.340 e. The largest absolute Gasteiger partial charge is 0.462 e. The predicted molar refractivity (Wildman–Crippen MR) is 81.4 cm³/mol. The number of para-hydroxylation sites is 1. The first-order chi connectivity index (χ1) is 10.6. The van der Waals surface area contributed by atoms with E-state index in [1.165, 1.54) is 18.2 Å². The van der Waals surface area contributed by atoms with E-state index in [0.717, 1.165) is 0 Å². The van der Waals surface area contributed by atoms with Gasteiger partial charge in [-0.05, 0) is 37.3 Å². The molecule has 0 aliphatic rings. The van der Waals surface area contributed by atoms with Gasteiger partial charge in [-0.15, -0.1) is 0 Å². The monoisotopic (exact) mass is 302 g/mol. The number of anilines is 2. The number of halogens is 1. The van der Waals surface area contributed by atoms with Gasteiger partial charge in [-0.25, -0.2) is 14.0 Å². The molecule has 0 aliphatic heterocycles. The molecule has 6 heteroatoms. The number of urea groups is 1. The highest BCUT2D eigenvalue weighted by Crippen LogP contribution is 2.17. The Balaban J connectivity index is 2.10. The van der Waals surface area contributed by atoms with Gasteiger partial charge in [-0.2, -0.15) is 0 Å². The van der Waals surface area contributed by atoms with Crippen LogP contribution >= 0.6 is 0 Å². The second-order valence-electron chi connectivity index (χ2n) is 4.36. The lowest BCUT2D eigenvalue weighted by Gasteiger charge is -2.11. The van der Waals surface area contributed by atoms with Crippen LogP contribution in [0.25, 0.3) is 0 Å². The third kappa shape index (κ3) is 4.05. The second-order valence-corrected chi connectivity index (χ2v) is 4.36. The van der Waals surface area contributed by atoms with E-state index in [0.29, 0.717) is 11.4 Å². The van der Waals surface area contributed by atoms with Crippen molar-refractivity contribution in [3.8, 4) is 0 Å². The number of benzene rings is 2. The van der Waals surface area contributed by atoms with Gasteiger partial charge in [0.25, 0.3) is 0 Å². The number of ether oxygens (including phenoxy) is 1. The molecule has 0 radical (unpaired) electrons. The standard InChI is InChI=1S/C16H15FN2O3/c1-2-22-15(20)13-8-3-4-9-14(13)19-16(21)18-12-7-5-6-11(17)10-12/h3-10H,2H2,1H3,(H2,18,19,21). The quantitative estimate of drug-likeness (QED) is 0.847.